The van der Waals surface area contributed by atoms with Crippen molar-refractivity contribution < 1.29 is 8.94 Å². The van der Waals surface area contributed by atoms with Crippen molar-refractivity contribution in [2.45, 2.75) is 5.75 Å². The summed E-state index contributed by atoms with van der Waals surface area (Å²) in [6.45, 7) is 3.69. The monoisotopic (exact) mass is 280 g/mol. The first kappa shape index (κ1) is 12.6. The maximum absolute atomic E-state index is 5.66. The van der Waals surface area contributed by atoms with E-state index >= 15 is 0 Å². The second-order valence-corrected chi connectivity index (χ2v) is 5.20. The van der Waals surface area contributed by atoms with Crippen molar-refractivity contribution in [2.24, 2.45) is 0 Å². The van der Waals surface area contributed by atoms with Crippen LogP contribution in [0.2, 0.25) is 0 Å². The van der Waals surface area contributed by atoms with Crippen molar-refractivity contribution in [1.29, 1.82) is 0 Å². The highest BCUT2D eigenvalue weighted by molar-refractivity contribution is 7.97. The van der Waals surface area contributed by atoms with Crippen LogP contribution in [0.5, 0.6) is 0 Å². The number of hydrogen-bond acceptors (Lipinski definition) is 7. The third-order valence-corrected chi connectivity index (χ3v) is 3.55. The Labute approximate surface area is 115 Å². The summed E-state index contributed by atoms with van der Waals surface area (Å²) < 4.78 is 10.9. The predicted molar refractivity (Wildman–Crippen MR) is 74.3 cm³/mol. The van der Waals surface area contributed by atoms with Gasteiger partial charge in [0.1, 0.15) is 5.76 Å². The van der Waals surface area contributed by atoms with Crippen LogP contribution in [-0.4, -0.2) is 42.6 Å². The summed E-state index contributed by atoms with van der Waals surface area (Å²) in [5, 5.41) is 7.31. The molecule has 0 unspecified atom stereocenters. The number of aromatic nitrogens is 2. The second kappa shape index (κ2) is 5.66. The first-order valence-electron chi connectivity index (χ1n) is 6.24. The van der Waals surface area contributed by atoms with Crippen molar-refractivity contribution in [1.82, 2.24) is 15.5 Å². The lowest BCUT2D eigenvalue weighted by Gasteiger charge is -2.25. The van der Waals surface area contributed by atoms with Gasteiger partial charge in [-0.25, -0.2) is 0 Å². The molecule has 0 bridgehead atoms. The maximum atomic E-state index is 5.66. The molecule has 1 fully saturated rings. The van der Waals surface area contributed by atoms with Crippen molar-refractivity contribution in [2.75, 3.05) is 37.3 Å². The van der Waals surface area contributed by atoms with Crippen LogP contribution in [-0.2, 0) is 5.75 Å². The fourth-order valence-electron chi connectivity index (χ4n) is 2.02. The molecule has 1 aliphatic heterocycles. The van der Waals surface area contributed by atoms with E-state index in [4.69, 9.17) is 8.94 Å². The molecule has 0 atom stereocenters. The Morgan fingerprint density at radius 3 is 3.00 bits per heavy atom. The normalized spacial score (nSPS) is 15.9. The second-order valence-electron chi connectivity index (χ2n) is 4.34. The van der Waals surface area contributed by atoms with Gasteiger partial charge in [0.2, 0.25) is 0 Å². The van der Waals surface area contributed by atoms with Crippen molar-refractivity contribution >= 4 is 17.7 Å². The van der Waals surface area contributed by atoms with Crippen LogP contribution in [0.15, 0.2) is 21.1 Å². The van der Waals surface area contributed by atoms with E-state index in [1.807, 2.05) is 18.4 Å². The summed E-state index contributed by atoms with van der Waals surface area (Å²) in [6.07, 6.45) is 2.04. The van der Waals surface area contributed by atoms with Gasteiger partial charge in [-0.05, 0) is 23.5 Å². The van der Waals surface area contributed by atoms with E-state index in [-0.39, 0.29) is 0 Å². The number of nitrogens with one attached hydrogen (secondary N) is 1. The van der Waals surface area contributed by atoms with E-state index in [0.717, 1.165) is 37.7 Å². The molecule has 0 aliphatic carbocycles. The van der Waals surface area contributed by atoms with Gasteiger partial charge >= 0.3 is 0 Å². The van der Waals surface area contributed by atoms with Gasteiger partial charge in [-0.3, -0.25) is 0 Å². The zero-order valence-corrected chi connectivity index (χ0v) is 11.6. The molecule has 2 aromatic rings. The molecule has 1 N–H and O–H groups in total. The largest absolute Gasteiger partial charge is 0.455 e. The van der Waals surface area contributed by atoms with Crippen molar-refractivity contribution in [3.8, 4) is 11.7 Å². The number of rotatable bonds is 4. The van der Waals surface area contributed by atoms with Gasteiger partial charge in [0.15, 0.2) is 5.76 Å². The molecule has 7 heteroatoms. The van der Waals surface area contributed by atoms with E-state index in [1.165, 1.54) is 0 Å². The van der Waals surface area contributed by atoms with E-state index in [2.05, 4.69) is 20.4 Å². The summed E-state index contributed by atoms with van der Waals surface area (Å²) in [4.78, 5) is 6.50. The van der Waals surface area contributed by atoms with Gasteiger partial charge in [-0.1, -0.05) is 0 Å². The molecule has 1 aliphatic rings. The molecule has 1 saturated heterocycles. The maximum Gasteiger partial charge on any atom is 0.295 e. The Hall–Kier alpha value is -1.47. The average Bonchev–Trinajstić information content (AvgIpc) is 3.08. The van der Waals surface area contributed by atoms with E-state index in [1.54, 1.807) is 11.8 Å². The minimum Gasteiger partial charge on any atom is -0.455 e. The lowest BCUT2D eigenvalue weighted by atomic mass is 10.4. The number of furan rings is 1. The number of anilines is 1. The van der Waals surface area contributed by atoms with Crippen LogP contribution in [0.3, 0.4) is 0 Å². The minimum atomic E-state index is 0.445. The Morgan fingerprint density at radius 1 is 1.37 bits per heavy atom. The summed E-state index contributed by atoms with van der Waals surface area (Å²) in [6, 6.07) is 3.82. The molecule has 6 nitrogen and oxygen atoms in total. The van der Waals surface area contributed by atoms with Crippen LogP contribution >= 0.6 is 11.8 Å². The first-order chi connectivity index (χ1) is 9.36. The van der Waals surface area contributed by atoms with E-state index in [0.29, 0.717) is 17.6 Å². The van der Waals surface area contributed by atoms with Gasteiger partial charge in [0.25, 0.3) is 11.8 Å². The number of nitrogens with zero attached hydrogens (tertiary/aromatic N) is 3. The van der Waals surface area contributed by atoms with Gasteiger partial charge in [-0.15, -0.1) is 0 Å². The van der Waals surface area contributed by atoms with Crippen LogP contribution < -0.4 is 10.2 Å². The predicted octanol–water partition coefficient (Wildman–Crippen LogP) is 1.60. The fourth-order valence-corrected chi connectivity index (χ4v) is 2.46. The Morgan fingerprint density at radius 2 is 2.21 bits per heavy atom. The third kappa shape index (κ3) is 2.76. The Kier molecular flexibility index (Phi) is 3.74. The molecule has 2 aromatic heterocycles. The van der Waals surface area contributed by atoms with Crippen molar-refractivity contribution in [3.05, 3.63) is 17.9 Å². The molecular formula is C12H16N4O2S. The van der Waals surface area contributed by atoms with Gasteiger partial charge in [0, 0.05) is 26.2 Å². The molecule has 0 aromatic carbocycles. The summed E-state index contributed by atoms with van der Waals surface area (Å²) in [7, 11) is 0. The number of thioether (sulfide) groups is 1. The van der Waals surface area contributed by atoms with Gasteiger partial charge < -0.3 is 19.2 Å². The first-order valence-corrected chi connectivity index (χ1v) is 7.63. The van der Waals surface area contributed by atoms with E-state index < -0.39 is 0 Å². The number of hydrogen-bond donors (Lipinski definition) is 1. The molecule has 3 heterocycles. The number of piperazine rings is 1. The van der Waals surface area contributed by atoms with Crippen LogP contribution in [0.1, 0.15) is 5.76 Å². The highest BCUT2D eigenvalue weighted by Gasteiger charge is 2.18. The van der Waals surface area contributed by atoms with Crippen LogP contribution in [0.25, 0.3) is 11.7 Å². The van der Waals surface area contributed by atoms with Crippen LogP contribution in [0, 0.1) is 0 Å². The molecule has 19 heavy (non-hydrogen) atoms. The summed E-state index contributed by atoms with van der Waals surface area (Å²) in [5.41, 5.74) is 0. The molecule has 102 valence electrons. The van der Waals surface area contributed by atoms with Crippen LogP contribution in [0.4, 0.5) is 5.95 Å². The standard InChI is InChI=1S/C12H16N4O2S/c1-19-8-9-2-3-10(17-9)11-14-12(15-18-11)16-6-4-13-5-7-16/h2-3,13H,4-8H2,1H3. The SMILES string of the molecule is CSCc1ccc(-c2nc(N3CCNCC3)no2)o1. The zero-order valence-electron chi connectivity index (χ0n) is 10.8. The molecule has 0 radical (unpaired) electrons. The third-order valence-electron chi connectivity index (χ3n) is 2.97. The smallest absolute Gasteiger partial charge is 0.295 e. The topological polar surface area (TPSA) is 67.3 Å². The van der Waals surface area contributed by atoms with E-state index in [9.17, 15) is 0 Å². The molecular weight excluding hydrogens is 264 g/mol. The molecule has 0 saturated carbocycles. The average molecular weight is 280 g/mol. The van der Waals surface area contributed by atoms with Crippen molar-refractivity contribution in [3.63, 3.8) is 0 Å². The molecule has 3 rings (SSSR count). The lowest BCUT2D eigenvalue weighted by Crippen LogP contribution is -2.44. The van der Waals surface area contributed by atoms with Gasteiger partial charge in [0.05, 0.1) is 5.75 Å². The lowest BCUT2D eigenvalue weighted by molar-refractivity contribution is 0.410. The highest BCUT2D eigenvalue weighted by Crippen LogP contribution is 2.24. The quantitative estimate of drug-likeness (QED) is 0.912. The Bertz CT molecular complexity index is 533. The summed E-state index contributed by atoms with van der Waals surface area (Å²) >= 11 is 1.72. The molecule has 0 spiro atoms. The highest BCUT2D eigenvalue weighted by atomic mass is 32.2. The van der Waals surface area contributed by atoms with Gasteiger partial charge in [-0.2, -0.15) is 16.7 Å². The Balaban J connectivity index is 1.75. The zero-order chi connectivity index (χ0) is 13.1. The minimum absolute atomic E-state index is 0.445. The fraction of sp³-hybridized carbons (Fsp3) is 0.500. The molecule has 0 amide bonds. The summed E-state index contributed by atoms with van der Waals surface area (Å²) in [5.74, 6) is 3.49.